The maximum Gasteiger partial charge on any atom is 0.307 e. The molecule has 1 aliphatic carbocycles. The van der Waals surface area contributed by atoms with Gasteiger partial charge < -0.3 is 14.9 Å². The van der Waals surface area contributed by atoms with Crippen LogP contribution in [-0.4, -0.2) is 33.7 Å². The lowest BCUT2D eigenvalue weighted by Crippen LogP contribution is -2.29. The van der Waals surface area contributed by atoms with Gasteiger partial charge in [-0.25, -0.2) is 0 Å². The van der Waals surface area contributed by atoms with Crippen molar-refractivity contribution in [2.45, 2.75) is 20.3 Å². The number of amides is 1. The summed E-state index contributed by atoms with van der Waals surface area (Å²) in [5.41, 5.74) is -0.472. The van der Waals surface area contributed by atoms with Crippen molar-refractivity contribution in [1.82, 2.24) is 15.5 Å². The summed E-state index contributed by atoms with van der Waals surface area (Å²) in [5, 5.41) is 15.1. The van der Waals surface area contributed by atoms with Gasteiger partial charge in [0.25, 0.3) is 0 Å². The van der Waals surface area contributed by atoms with Gasteiger partial charge in [0.2, 0.25) is 11.8 Å². The number of carbonyl (C=O) groups is 2. The quantitative estimate of drug-likeness (QED) is 0.770. The first-order chi connectivity index (χ1) is 8.44. The van der Waals surface area contributed by atoms with Crippen LogP contribution in [0, 0.1) is 17.3 Å². The molecule has 1 fully saturated rings. The Labute approximate surface area is 104 Å². The minimum Gasteiger partial charge on any atom is -0.481 e. The number of aromatic nitrogens is 2. The number of carboxylic acids is 1. The number of hydrogen-bond donors (Lipinski definition) is 2. The summed E-state index contributed by atoms with van der Waals surface area (Å²) in [6.45, 7) is 3.93. The van der Waals surface area contributed by atoms with Crippen molar-refractivity contribution in [1.29, 1.82) is 0 Å². The number of carbonyl (C=O) groups excluding carboxylic acids is 1. The van der Waals surface area contributed by atoms with Gasteiger partial charge in [-0.15, -0.1) is 0 Å². The molecule has 2 atom stereocenters. The van der Waals surface area contributed by atoms with Crippen molar-refractivity contribution in [2.24, 2.45) is 17.3 Å². The van der Waals surface area contributed by atoms with Crippen LogP contribution in [-0.2, 0) is 16.0 Å². The standard InChI is InChI=1S/C11H15N3O4/c1-11(2)7(8(11)10(16)17)9(15)12-4-3-6-13-5-14-18-6/h5,7-8H,3-4H2,1-2H3,(H,12,15)(H,16,17). The highest BCUT2D eigenvalue weighted by atomic mass is 16.5. The average Bonchev–Trinajstić information content (AvgIpc) is 2.65. The molecule has 2 unspecified atom stereocenters. The fourth-order valence-electron chi connectivity index (χ4n) is 2.30. The maximum atomic E-state index is 11.8. The molecule has 1 amide bonds. The summed E-state index contributed by atoms with van der Waals surface area (Å²) in [4.78, 5) is 26.6. The summed E-state index contributed by atoms with van der Waals surface area (Å²) >= 11 is 0. The van der Waals surface area contributed by atoms with Crippen LogP contribution in [0.5, 0.6) is 0 Å². The Morgan fingerprint density at radius 1 is 1.50 bits per heavy atom. The van der Waals surface area contributed by atoms with Gasteiger partial charge in [0.15, 0.2) is 6.33 Å². The van der Waals surface area contributed by atoms with E-state index in [4.69, 9.17) is 9.63 Å². The normalized spacial score (nSPS) is 24.6. The van der Waals surface area contributed by atoms with Crippen LogP contribution in [0.1, 0.15) is 19.7 Å². The van der Waals surface area contributed by atoms with Crippen LogP contribution in [0.25, 0.3) is 0 Å². The van der Waals surface area contributed by atoms with Crippen LogP contribution in [0.4, 0.5) is 0 Å². The fourth-order valence-corrected chi connectivity index (χ4v) is 2.30. The van der Waals surface area contributed by atoms with E-state index in [1.54, 1.807) is 13.8 Å². The minimum absolute atomic E-state index is 0.230. The zero-order chi connectivity index (χ0) is 13.3. The second-order valence-electron chi connectivity index (χ2n) is 4.99. The Morgan fingerprint density at radius 3 is 2.72 bits per heavy atom. The molecule has 2 rings (SSSR count). The molecule has 0 aliphatic heterocycles. The van der Waals surface area contributed by atoms with Crippen LogP contribution >= 0.6 is 0 Å². The Balaban J connectivity index is 1.81. The van der Waals surface area contributed by atoms with Gasteiger partial charge in [-0.1, -0.05) is 19.0 Å². The molecular weight excluding hydrogens is 238 g/mol. The van der Waals surface area contributed by atoms with Gasteiger partial charge in [0.1, 0.15) is 0 Å². The van der Waals surface area contributed by atoms with Crippen molar-refractivity contribution in [2.75, 3.05) is 6.54 Å². The lowest BCUT2D eigenvalue weighted by atomic mass is 10.1. The molecule has 0 aromatic carbocycles. The van der Waals surface area contributed by atoms with Gasteiger partial charge >= 0.3 is 5.97 Å². The number of nitrogens with one attached hydrogen (secondary N) is 1. The number of hydrogen-bond acceptors (Lipinski definition) is 5. The zero-order valence-corrected chi connectivity index (χ0v) is 10.2. The fraction of sp³-hybridized carbons (Fsp3) is 0.636. The summed E-state index contributed by atoms with van der Waals surface area (Å²) in [7, 11) is 0. The molecule has 1 aromatic rings. The molecular formula is C11H15N3O4. The molecule has 2 N–H and O–H groups in total. The van der Waals surface area contributed by atoms with Gasteiger partial charge in [0, 0.05) is 13.0 Å². The van der Waals surface area contributed by atoms with E-state index in [0.717, 1.165) is 0 Å². The predicted molar refractivity (Wildman–Crippen MR) is 59.4 cm³/mol. The van der Waals surface area contributed by atoms with Crippen molar-refractivity contribution in [3.05, 3.63) is 12.2 Å². The van der Waals surface area contributed by atoms with Gasteiger partial charge in [-0.3, -0.25) is 9.59 Å². The highest BCUT2D eigenvalue weighted by molar-refractivity contribution is 5.91. The predicted octanol–water partition coefficient (Wildman–Crippen LogP) is 0.0851. The molecule has 0 spiro atoms. The third-order valence-electron chi connectivity index (χ3n) is 3.42. The second kappa shape index (κ2) is 4.40. The highest BCUT2D eigenvalue weighted by Crippen LogP contribution is 2.58. The minimum atomic E-state index is -0.919. The molecule has 1 saturated carbocycles. The SMILES string of the molecule is CC1(C)C(C(=O)O)C1C(=O)NCCc1ncno1. The third kappa shape index (κ3) is 2.20. The molecule has 0 radical (unpaired) electrons. The number of aliphatic carboxylic acids is 1. The second-order valence-corrected chi connectivity index (χ2v) is 4.99. The van der Waals surface area contributed by atoms with Crippen LogP contribution < -0.4 is 5.32 Å². The largest absolute Gasteiger partial charge is 0.481 e. The first-order valence-corrected chi connectivity index (χ1v) is 5.70. The zero-order valence-electron chi connectivity index (χ0n) is 10.2. The van der Waals surface area contributed by atoms with Crippen molar-refractivity contribution in [3.8, 4) is 0 Å². The highest BCUT2D eigenvalue weighted by Gasteiger charge is 2.65. The molecule has 98 valence electrons. The summed E-state index contributed by atoms with van der Waals surface area (Å²) in [5.74, 6) is -1.76. The van der Waals surface area contributed by atoms with E-state index in [0.29, 0.717) is 18.9 Å². The van der Waals surface area contributed by atoms with E-state index in [-0.39, 0.29) is 5.91 Å². The summed E-state index contributed by atoms with van der Waals surface area (Å²) < 4.78 is 4.79. The molecule has 1 aromatic heterocycles. The van der Waals surface area contributed by atoms with Gasteiger partial charge in [0.05, 0.1) is 11.8 Å². The lowest BCUT2D eigenvalue weighted by molar-refractivity contribution is -0.140. The molecule has 18 heavy (non-hydrogen) atoms. The smallest absolute Gasteiger partial charge is 0.307 e. The lowest BCUT2D eigenvalue weighted by Gasteiger charge is -2.04. The maximum absolute atomic E-state index is 11.8. The van der Waals surface area contributed by atoms with E-state index in [2.05, 4.69) is 15.5 Å². The average molecular weight is 253 g/mol. The molecule has 0 saturated heterocycles. The first kappa shape index (κ1) is 12.5. The Morgan fingerprint density at radius 2 is 2.22 bits per heavy atom. The molecule has 1 heterocycles. The van der Waals surface area contributed by atoms with Crippen LogP contribution in [0.2, 0.25) is 0 Å². The van der Waals surface area contributed by atoms with Crippen molar-refractivity contribution in [3.63, 3.8) is 0 Å². The molecule has 0 bridgehead atoms. The van der Waals surface area contributed by atoms with E-state index in [9.17, 15) is 9.59 Å². The Kier molecular flexibility index (Phi) is 3.06. The van der Waals surface area contributed by atoms with Crippen LogP contribution in [0.3, 0.4) is 0 Å². The Hall–Kier alpha value is -1.92. The summed E-state index contributed by atoms with van der Waals surface area (Å²) in [6, 6.07) is 0. The number of rotatable bonds is 5. The van der Waals surface area contributed by atoms with Crippen molar-refractivity contribution >= 4 is 11.9 Å². The van der Waals surface area contributed by atoms with Crippen molar-refractivity contribution < 1.29 is 19.2 Å². The van der Waals surface area contributed by atoms with E-state index < -0.39 is 23.2 Å². The van der Waals surface area contributed by atoms with E-state index >= 15 is 0 Å². The van der Waals surface area contributed by atoms with E-state index in [1.807, 2.05) is 0 Å². The van der Waals surface area contributed by atoms with Gasteiger partial charge in [-0.05, 0) is 5.41 Å². The molecule has 7 nitrogen and oxygen atoms in total. The third-order valence-corrected chi connectivity index (χ3v) is 3.42. The first-order valence-electron chi connectivity index (χ1n) is 5.70. The molecule has 7 heteroatoms. The monoisotopic (exact) mass is 253 g/mol. The van der Waals surface area contributed by atoms with Crippen LogP contribution in [0.15, 0.2) is 10.9 Å². The number of nitrogens with zero attached hydrogens (tertiary/aromatic N) is 2. The molecule has 1 aliphatic rings. The summed E-state index contributed by atoms with van der Waals surface area (Å²) in [6.07, 6.45) is 1.73. The van der Waals surface area contributed by atoms with Gasteiger partial charge in [-0.2, -0.15) is 4.98 Å². The van der Waals surface area contributed by atoms with E-state index in [1.165, 1.54) is 6.33 Å². The Bertz CT molecular complexity index is 455. The number of carboxylic acid groups (broad SMARTS) is 1. The topological polar surface area (TPSA) is 105 Å².